The zero-order chi connectivity index (χ0) is 8.27. The van der Waals surface area contributed by atoms with Crippen molar-refractivity contribution in [3.05, 3.63) is 22.6 Å². The maximum absolute atomic E-state index is 5.52. The van der Waals surface area contributed by atoms with E-state index in [1.807, 2.05) is 23.5 Å². The van der Waals surface area contributed by atoms with Gasteiger partial charge in [-0.15, -0.1) is 23.5 Å². The number of hydrogen-bond acceptors (Lipinski definition) is 3. The largest absolute Gasteiger partial charge is 0.402 e. The number of thioether (sulfide) groups is 2. The van der Waals surface area contributed by atoms with E-state index >= 15 is 0 Å². The van der Waals surface area contributed by atoms with Crippen LogP contribution in [0.2, 0.25) is 0 Å². The first-order valence-corrected chi connectivity index (χ1v) is 5.71. The van der Waals surface area contributed by atoms with Crippen molar-refractivity contribution in [2.24, 2.45) is 5.73 Å². The molecule has 3 heteroatoms. The second-order valence-corrected chi connectivity index (χ2v) is 4.72. The molecule has 62 valence electrons. The van der Waals surface area contributed by atoms with Crippen molar-refractivity contribution in [3.63, 3.8) is 0 Å². The van der Waals surface area contributed by atoms with Crippen LogP contribution in [-0.2, 0) is 0 Å². The highest BCUT2D eigenvalue weighted by Crippen LogP contribution is 2.37. The summed E-state index contributed by atoms with van der Waals surface area (Å²) in [5.41, 5.74) is 6.33. The Morgan fingerprint density at radius 3 is 3.18 bits per heavy atom. The molecule has 0 saturated carbocycles. The first kappa shape index (κ1) is 9.07. The van der Waals surface area contributed by atoms with Gasteiger partial charge in [0.05, 0.1) is 0 Å². The van der Waals surface area contributed by atoms with Crippen LogP contribution in [0.5, 0.6) is 0 Å². The molecule has 1 aliphatic heterocycles. The van der Waals surface area contributed by atoms with Gasteiger partial charge in [-0.2, -0.15) is 0 Å². The normalized spacial score (nSPS) is 23.4. The highest BCUT2D eigenvalue weighted by molar-refractivity contribution is 8.07. The van der Waals surface area contributed by atoms with Crippen molar-refractivity contribution < 1.29 is 0 Å². The SMILES string of the molecule is C=C(N)CC1CC(SC)=CS1. The number of allylic oxidation sites excluding steroid dienone is 2. The van der Waals surface area contributed by atoms with Crippen molar-refractivity contribution in [2.75, 3.05) is 6.26 Å². The van der Waals surface area contributed by atoms with E-state index < -0.39 is 0 Å². The Morgan fingerprint density at radius 2 is 2.73 bits per heavy atom. The van der Waals surface area contributed by atoms with E-state index in [4.69, 9.17) is 5.73 Å². The van der Waals surface area contributed by atoms with Crippen molar-refractivity contribution in [1.82, 2.24) is 0 Å². The molecule has 0 spiro atoms. The molecule has 0 fully saturated rings. The zero-order valence-electron chi connectivity index (χ0n) is 6.67. The van der Waals surface area contributed by atoms with Gasteiger partial charge >= 0.3 is 0 Å². The van der Waals surface area contributed by atoms with E-state index in [1.165, 1.54) is 11.3 Å². The van der Waals surface area contributed by atoms with Gasteiger partial charge in [0.1, 0.15) is 0 Å². The maximum atomic E-state index is 5.52. The Labute approximate surface area is 76.5 Å². The molecule has 1 rings (SSSR count). The average Bonchev–Trinajstić information content (AvgIpc) is 2.34. The van der Waals surface area contributed by atoms with Gasteiger partial charge in [-0.3, -0.25) is 0 Å². The third-order valence-electron chi connectivity index (χ3n) is 1.57. The van der Waals surface area contributed by atoms with Gasteiger partial charge < -0.3 is 5.73 Å². The van der Waals surface area contributed by atoms with Gasteiger partial charge in [0, 0.05) is 10.9 Å². The molecule has 0 aromatic rings. The Balaban J connectivity index is 2.30. The summed E-state index contributed by atoms with van der Waals surface area (Å²) < 4.78 is 0. The molecule has 11 heavy (non-hydrogen) atoms. The Hall–Kier alpha value is -0.0200. The summed E-state index contributed by atoms with van der Waals surface area (Å²) in [6, 6.07) is 0. The minimum Gasteiger partial charge on any atom is -0.402 e. The average molecular weight is 187 g/mol. The second-order valence-electron chi connectivity index (χ2n) is 2.61. The van der Waals surface area contributed by atoms with Crippen molar-refractivity contribution in [2.45, 2.75) is 18.1 Å². The smallest absolute Gasteiger partial charge is 0.0188 e. The molecule has 0 bridgehead atoms. The lowest BCUT2D eigenvalue weighted by Crippen LogP contribution is -2.04. The quantitative estimate of drug-likeness (QED) is 0.735. The van der Waals surface area contributed by atoms with Crippen molar-refractivity contribution >= 4 is 23.5 Å². The van der Waals surface area contributed by atoms with Crippen LogP contribution in [0.15, 0.2) is 22.6 Å². The van der Waals surface area contributed by atoms with Crippen LogP contribution < -0.4 is 5.73 Å². The molecule has 0 saturated heterocycles. The van der Waals surface area contributed by atoms with Crippen LogP contribution in [0.3, 0.4) is 0 Å². The van der Waals surface area contributed by atoms with Gasteiger partial charge in [-0.05, 0) is 29.4 Å². The van der Waals surface area contributed by atoms with Crippen LogP contribution in [-0.4, -0.2) is 11.5 Å². The van der Waals surface area contributed by atoms with Crippen LogP contribution in [0, 0.1) is 0 Å². The fourth-order valence-corrected chi connectivity index (χ4v) is 3.09. The fraction of sp³-hybridized carbons (Fsp3) is 0.500. The summed E-state index contributed by atoms with van der Waals surface area (Å²) in [4.78, 5) is 1.47. The van der Waals surface area contributed by atoms with E-state index in [9.17, 15) is 0 Å². The highest BCUT2D eigenvalue weighted by atomic mass is 32.2. The summed E-state index contributed by atoms with van der Waals surface area (Å²) in [5, 5.41) is 2.88. The summed E-state index contributed by atoms with van der Waals surface area (Å²) >= 11 is 3.71. The highest BCUT2D eigenvalue weighted by Gasteiger charge is 2.16. The summed E-state index contributed by atoms with van der Waals surface area (Å²) in [6.07, 6.45) is 4.24. The lowest BCUT2D eigenvalue weighted by molar-refractivity contribution is 0.855. The van der Waals surface area contributed by atoms with Crippen LogP contribution in [0.25, 0.3) is 0 Å². The Bertz CT molecular complexity index is 187. The Kier molecular flexibility index (Phi) is 3.40. The van der Waals surface area contributed by atoms with E-state index in [1.54, 1.807) is 0 Å². The molecular formula is C8H13NS2. The first-order chi connectivity index (χ1) is 5.22. The van der Waals surface area contributed by atoms with E-state index in [2.05, 4.69) is 18.2 Å². The lowest BCUT2D eigenvalue weighted by Gasteiger charge is -2.07. The summed E-state index contributed by atoms with van der Waals surface area (Å²) in [5.74, 6) is 0. The predicted octanol–water partition coefficient (Wildman–Crippen LogP) is 2.56. The molecule has 0 aromatic carbocycles. The Morgan fingerprint density at radius 1 is 2.00 bits per heavy atom. The monoisotopic (exact) mass is 187 g/mol. The summed E-state index contributed by atoms with van der Waals surface area (Å²) in [7, 11) is 0. The van der Waals surface area contributed by atoms with Crippen LogP contribution >= 0.6 is 23.5 Å². The van der Waals surface area contributed by atoms with E-state index in [-0.39, 0.29) is 0 Å². The third-order valence-corrected chi connectivity index (χ3v) is 3.67. The second kappa shape index (κ2) is 4.12. The van der Waals surface area contributed by atoms with Crippen molar-refractivity contribution in [1.29, 1.82) is 0 Å². The molecule has 0 aromatic heterocycles. The molecule has 0 radical (unpaired) electrons. The predicted molar refractivity (Wildman–Crippen MR) is 55.5 cm³/mol. The number of nitrogens with two attached hydrogens (primary N) is 1. The molecule has 0 aliphatic carbocycles. The topological polar surface area (TPSA) is 26.0 Å². The minimum atomic E-state index is 0.648. The molecule has 0 amide bonds. The van der Waals surface area contributed by atoms with Gasteiger partial charge in [0.15, 0.2) is 0 Å². The maximum Gasteiger partial charge on any atom is 0.0188 e. The molecule has 1 unspecified atom stereocenters. The molecule has 1 atom stereocenters. The standard InChI is InChI=1S/C8H13NS2/c1-6(9)3-7-4-8(10-2)5-11-7/h5,7H,1,3-4,9H2,2H3. The zero-order valence-corrected chi connectivity index (χ0v) is 8.30. The molecule has 1 aliphatic rings. The van der Waals surface area contributed by atoms with E-state index in [0.717, 1.165) is 12.1 Å². The summed E-state index contributed by atoms with van der Waals surface area (Å²) in [6.45, 7) is 3.70. The third kappa shape index (κ3) is 2.83. The van der Waals surface area contributed by atoms with Gasteiger partial charge in [0.25, 0.3) is 0 Å². The number of hydrogen-bond donors (Lipinski definition) is 1. The molecule has 2 N–H and O–H groups in total. The van der Waals surface area contributed by atoms with Crippen LogP contribution in [0.1, 0.15) is 12.8 Å². The molecular weight excluding hydrogens is 174 g/mol. The van der Waals surface area contributed by atoms with Gasteiger partial charge in [-0.25, -0.2) is 0 Å². The minimum absolute atomic E-state index is 0.648. The molecule has 1 nitrogen and oxygen atoms in total. The first-order valence-electron chi connectivity index (χ1n) is 3.54. The van der Waals surface area contributed by atoms with Gasteiger partial charge in [-0.1, -0.05) is 6.58 Å². The van der Waals surface area contributed by atoms with Crippen molar-refractivity contribution in [3.8, 4) is 0 Å². The van der Waals surface area contributed by atoms with Gasteiger partial charge in [0.2, 0.25) is 0 Å². The number of rotatable bonds is 3. The van der Waals surface area contributed by atoms with Crippen LogP contribution in [0.4, 0.5) is 0 Å². The van der Waals surface area contributed by atoms with E-state index in [0.29, 0.717) is 5.25 Å². The molecule has 1 heterocycles. The fourth-order valence-electron chi connectivity index (χ4n) is 1.04. The lowest BCUT2D eigenvalue weighted by atomic mass is 10.2.